The van der Waals surface area contributed by atoms with E-state index in [9.17, 15) is 14.0 Å². The summed E-state index contributed by atoms with van der Waals surface area (Å²) in [6, 6.07) is 8.38. The van der Waals surface area contributed by atoms with Crippen LogP contribution in [0.5, 0.6) is 5.88 Å². The number of carbonyl (C=O) groups excluding carboxylic acids is 1. The standard InChI is InChI=1S/C14H13FN2O3/c1-20-13-6-7-14(19)17(16-13)9-12(18)8-10-2-4-11(15)5-3-10/h2-7H,8-9H2,1H3. The first-order chi connectivity index (χ1) is 9.58. The first-order valence-electron chi connectivity index (χ1n) is 5.97. The summed E-state index contributed by atoms with van der Waals surface area (Å²) in [5.74, 6) is -0.287. The summed E-state index contributed by atoms with van der Waals surface area (Å²) in [6.45, 7) is -0.145. The van der Waals surface area contributed by atoms with Gasteiger partial charge in [-0.05, 0) is 17.7 Å². The summed E-state index contributed by atoms with van der Waals surface area (Å²) in [7, 11) is 1.43. The molecule has 0 fully saturated rings. The van der Waals surface area contributed by atoms with E-state index in [0.717, 1.165) is 4.68 Å². The Morgan fingerprint density at radius 1 is 1.25 bits per heavy atom. The molecule has 0 aliphatic carbocycles. The Bertz CT molecular complexity index is 665. The fourth-order valence-corrected chi connectivity index (χ4v) is 1.71. The van der Waals surface area contributed by atoms with Crippen molar-refractivity contribution in [1.82, 2.24) is 9.78 Å². The summed E-state index contributed by atoms with van der Waals surface area (Å²) in [5.41, 5.74) is 0.311. The number of hydrogen-bond acceptors (Lipinski definition) is 4. The van der Waals surface area contributed by atoms with Crippen LogP contribution in [0.4, 0.5) is 4.39 Å². The molecule has 20 heavy (non-hydrogen) atoms. The van der Waals surface area contributed by atoms with Gasteiger partial charge < -0.3 is 4.74 Å². The van der Waals surface area contributed by atoms with Crippen LogP contribution in [0.25, 0.3) is 0 Å². The number of aromatic nitrogens is 2. The second-order valence-corrected chi connectivity index (χ2v) is 4.21. The van der Waals surface area contributed by atoms with E-state index in [-0.39, 0.29) is 36.0 Å². The Morgan fingerprint density at radius 3 is 2.60 bits per heavy atom. The number of nitrogens with zero attached hydrogens (tertiary/aromatic N) is 2. The molecule has 1 aromatic heterocycles. The molecule has 2 rings (SSSR count). The predicted molar refractivity (Wildman–Crippen MR) is 70.2 cm³/mol. The molecule has 0 N–H and O–H groups in total. The van der Waals surface area contributed by atoms with Crippen LogP contribution in [0.3, 0.4) is 0 Å². The minimum Gasteiger partial charge on any atom is -0.480 e. The van der Waals surface area contributed by atoms with Gasteiger partial charge in [0.05, 0.1) is 7.11 Å². The van der Waals surface area contributed by atoms with Gasteiger partial charge in [0.15, 0.2) is 5.78 Å². The molecule has 2 aromatic rings. The molecular formula is C14H13FN2O3. The van der Waals surface area contributed by atoms with Crippen molar-refractivity contribution >= 4 is 5.78 Å². The maximum atomic E-state index is 12.8. The Balaban J connectivity index is 2.08. The molecule has 0 aliphatic rings. The van der Waals surface area contributed by atoms with Gasteiger partial charge in [-0.15, -0.1) is 5.10 Å². The number of Topliss-reactive ketones (excluding diaryl/α,β-unsaturated/α-hetero) is 1. The van der Waals surface area contributed by atoms with Crippen LogP contribution >= 0.6 is 0 Å². The molecule has 104 valence electrons. The SMILES string of the molecule is COc1ccc(=O)n(CC(=O)Cc2ccc(F)cc2)n1. The lowest BCUT2D eigenvalue weighted by Crippen LogP contribution is -2.26. The van der Waals surface area contributed by atoms with Gasteiger partial charge in [-0.25, -0.2) is 9.07 Å². The molecule has 0 unspecified atom stereocenters. The van der Waals surface area contributed by atoms with Gasteiger partial charge in [0, 0.05) is 18.6 Å². The minimum absolute atomic E-state index is 0.117. The monoisotopic (exact) mass is 276 g/mol. The highest BCUT2D eigenvalue weighted by Crippen LogP contribution is 2.05. The molecular weight excluding hydrogens is 263 g/mol. The van der Waals surface area contributed by atoms with Gasteiger partial charge in [0.2, 0.25) is 5.88 Å². The van der Waals surface area contributed by atoms with E-state index in [1.165, 1.54) is 43.5 Å². The predicted octanol–water partition coefficient (Wildman–Crippen LogP) is 1.20. The first-order valence-corrected chi connectivity index (χ1v) is 5.97. The Hall–Kier alpha value is -2.50. The van der Waals surface area contributed by atoms with E-state index in [4.69, 9.17) is 4.74 Å². The zero-order valence-electron chi connectivity index (χ0n) is 10.9. The van der Waals surface area contributed by atoms with Crippen LogP contribution in [0.2, 0.25) is 0 Å². The lowest BCUT2D eigenvalue weighted by atomic mass is 10.1. The minimum atomic E-state index is -0.377. The van der Waals surface area contributed by atoms with Gasteiger partial charge in [-0.1, -0.05) is 12.1 Å². The van der Waals surface area contributed by atoms with Crippen molar-refractivity contribution in [3.63, 3.8) is 0 Å². The molecule has 0 amide bonds. The highest BCUT2D eigenvalue weighted by atomic mass is 19.1. The highest BCUT2D eigenvalue weighted by Gasteiger charge is 2.08. The fourth-order valence-electron chi connectivity index (χ4n) is 1.71. The number of rotatable bonds is 5. The topological polar surface area (TPSA) is 61.2 Å². The molecule has 0 saturated heterocycles. The average Bonchev–Trinajstić information content (AvgIpc) is 2.44. The van der Waals surface area contributed by atoms with E-state index in [2.05, 4.69) is 5.10 Å². The Labute approximate surface area is 114 Å². The van der Waals surface area contributed by atoms with E-state index in [1.807, 2.05) is 0 Å². The third-order valence-corrected chi connectivity index (χ3v) is 2.69. The highest BCUT2D eigenvalue weighted by molar-refractivity contribution is 5.80. The van der Waals surface area contributed by atoms with Crippen LogP contribution in [0, 0.1) is 5.82 Å². The van der Waals surface area contributed by atoms with E-state index in [0.29, 0.717) is 5.56 Å². The summed E-state index contributed by atoms with van der Waals surface area (Å²) in [6.07, 6.45) is 0.117. The third-order valence-electron chi connectivity index (χ3n) is 2.69. The van der Waals surface area contributed by atoms with Crippen molar-refractivity contribution in [3.05, 3.63) is 58.1 Å². The third kappa shape index (κ3) is 3.50. The lowest BCUT2D eigenvalue weighted by molar-refractivity contribution is -0.119. The summed E-state index contributed by atoms with van der Waals surface area (Å²) < 4.78 is 18.7. The van der Waals surface area contributed by atoms with E-state index < -0.39 is 0 Å². The number of benzene rings is 1. The quantitative estimate of drug-likeness (QED) is 0.823. The van der Waals surface area contributed by atoms with Crippen LogP contribution in [0.15, 0.2) is 41.2 Å². The van der Waals surface area contributed by atoms with Gasteiger partial charge in [0.25, 0.3) is 5.56 Å². The van der Waals surface area contributed by atoms with Crippen molar-refractivity contribution in [2.24, 2.45) is 0 Å². The smallest absolute Gasteiger partial charge is 0.267 e. The normalized spacial score (nSPS) is 10.3. The summed E-state index contributed by atoms with van der Waals surface area (Å²) >= 11 is 0. The number of ether oxygens (including phenoxy) is 1. The van der Waals surface area contributed by atoms with Crippen LogP contribution in [-0.4, -0.2) is 22.7 Å². The van der Waals surface area contributed by atoms with Gasteiger partial charge >= 0.3 is 0 Å². The van der Waals surface area contributed by atoms with E-state index >= 15 is 0 Å². The zero-order chi connectivity index (χ0) is 14.5. The molecule has 0 spiro atoms. The Morgan fingerprint density at radius 2 is 1.95 bits per heavy atom. The number of ketones is 1. The van der Waals surface area contributed by atoms with Crippen molar-refractivity contribution in [2.75, 3.05) is 7.11 Å². The number of methoxy groups -OCH3 is 1. The van der Waals surface area contributed by atoms with Gasteiger partial charge in [-0.2, -0.15) is 0 Å². The van der Waals surface area contributed by atoms with Crippen LogP contribution in [0.1, 0.15) is 5.56 Å². The van der Waals surface area contributed by atoms with Crippen molar-refractivity contribution in [2.45, 2.75) is 13.0 Å². The first kappa shape index (κ1) is 13.9. The second kappa shape index (κ2) is 6.10. The molecule has 0 atom stereocenters. The maximum absolute atomic E-state index is 12.8. The van der Waals surface area contributed by atoms with Crippen molar-refractivity contribution in [3.8, 4) is 5.88 Å². The molecule has 0 aliphatic heterocycles. The summed E-state index contributed by atoms with van der Waals surface area (Å²) in [5, 5.41) is 3.89. The number of hydrogen-bond donors (Lipinski definition) is 0. The van der Waals surface area contributed by atoms with E-state index in [1.54, 1.807) is 0 Å². The molecule has 0 bridgehead atoms. The number of halogens is 1. The average molecular weight is 276 g/mol. The molecule has 0 saturated carbocycles. The largest absolute Gasteiger partial charge is 0.480 e. The number of carbonyl (C=O) groups is 1. The van der Waals surface area contributed by atoms with Crippen molar-refractivity contribution in [1.29, 1.82) is 0 Å². The molecule has 6 heteroatoms. The van der Waals surface area contributed by atoms with Gasteiger partial charge in [-0.3, -0.25) is 9.59 Å². The Kier molecular flexibility index (Phi) is 4.24. The van der Waals surface area contributed by atoms with Crippen LogP contribution < -0.4 is 10.3 Å². The van der Waals surface area contributed by atoms with Gasteiger partial charge in [0.1, 0.15) is 12.4 Å². The fraction of sp³-hybridized carbons (Fsp3) is 0.214. The van der Waals surface area contributed by atoms with Crippen LogP contribution in [-0.2, 0) is 17.8 Å². The lowest BCUT2D eigenvalue weighted by Gasteiger charge is -2.05. The molecule has 1 heterocycles. The zero-order valence-corrected chi connectivity index (χ0v) is 10.9. The molecule has 1 aromatic carbocycles. The molecule has 5 nitrogen and oxygen atoms in total. The molecule has 0 radical (unpaired) electrons. The van der Waals surface area contributed by atoms with Crippen molar-refractivity contribution < 1.29 is 13.9 Å². The summed E-state index contributed by atoms with van der Waals surface area (Å²) in [4.78, 5) is 23.4. The second-order valence-electron chi connectivity index (χ2n) is 4.21. The maximum Gasteiger partial charge on any atom is 0.267 e.